The van der Waals surface area contributed by atoms with Crippen molar-refractivity contribution in [1.29, 1.82) is 0 Å². The number of nitro groups is 1. The van der Waals surface area contributed by atoms with Crippen LogP contribution in [0.2, 0.25) is 5.15 Å². The van der Waals surface area contributed by atoms with Crippen LogP contribution in [0.5, 0.6) is 0 Å². The highest BCUT2D eigenvalue weighted by Gasteiger charge is 2.14. The quantitative estimate of drug-likeness (QED) is 0.690. The minimum Gasteiger partial charge on any atom is -0.347 e. The second-order valence-corrected chi connectivity index (χ2v) is 4.63. The molecule has 0 unspecified atom stereocenters. The number of rotatable bonds is 4. The zero-order valence-corrected chi connectivity index (χ0v) is 11.8. The summed E-state index contributed by atoms with van der Waals surface area (Å²) < 4.78 is 0. The lowest BCUT2D eigenvalue weighted by Crippen LogP contribution is -2.24. The highest BCUT2D eigenvalue weighted by molar-refractivity contribution is 6.29. The molecule has 0 aliphatic carbocycles. The predicted octanol–water partition coefficient (Wildman–Crippen LogP) is 2.28. The lowest BCUT2D eigenvalue weighted by Gasteiger charge is -2.07. The number of nitro benzene ring substituents is 1. The zero-order valence-electron chi connectivity index (χ0n) is 11.0. The molecule has 1 aromatic heterocycles. The molecule has 2 aromatic rings. The van der Waals surface area contributed by atoms with Gasteiger partial charge in [0.2, 0.25) is 0 Å². The number of carbonyl (C=O) groups is 1. The lowest BCUT2D eigenvalue weighted by molar-refractivity contribution is -0.385. The van der Waals surface area contributed by atoms with Crippen molar-refractivity contribution < 1.29 is 9.72 Å². The Hall–Kier alpha value is -2.54. The van der Waals surface area contributed by atoms with E-state index in [9.17, 15) is 14.9 Å². The van der Waals surface area contributed by atoms with Gasteiger partial charge in [-0.25, -0.2) is 0 Å². The van der Waals surface area contributed by atoms with E-state index >= 15 is 0 Å². The number of benzene rings is 1. The van der Waals surface area contributed by atoms with Gasteiger partial charge < -0.3 is 5.32 Å². The van der Waals surface area contributed by atoms with Gasteiger partial charge in [0.25, 0.3) is 11.6 Å². The van der Waals surface area contributed by atoms with E-state index in [-0.39, 0.29) is 23.1 Å². The van der Waals surface area contributed by atoms with Gasteiger partial charge in [0.15, 0.2) is 10.8 Å². The highest BCUT2D eigenvalue weighted by atomic mass is 35.5. The van der Waals surface area contributed by atoms with Crippen molar-refractivity contribution in [2.24, 2.45) is 0 Å². The normalized spacial score (nSPS) is 10.2. The summed E-state index contributed by atoms with van der Waals surface area (Å²) in [5, 5.41) is 20.9. The second-order valence-electron chi connectivity index (χ2n) is 4.24. The monoisotopic (exact) mass is 306 g/mol. The molecule has 0 radical (unpaired) electrons. The molecule has 0 fully saturated rings. The maximum atomic E-state index is 11.9. The van der Waals surface area contributed by atoms with Crippen molar-refractivity contribution >= 4 is 23.2 Å². The van der Waals surface area contributed by atoms with E-state index in [0.29, 0.717) is 11.1 Å². The van der Waals surface area contributed by atoms with Crippen LogP contribution in [-0.4, -0.2) is 21.0 Å². The Kier molecular flexibility index (Phi) is 4.44. The molecule has 1 N–H and O–H groups in total. The van der Waals surface area contributed by atoms with Crippen LogP contribution in [0.1, 0.15) is 21.6 Å². The lowest BCUT2D eigenvalue weighted by atomic mass is 10.1. The maximum absolute atomic E-state index is 11.9. The molecule has 0 bridgehead atoms. The Balaban J connectivity index is 2.10. The smallest absolute Gasteiger partial charge is 0.272 e. The van der Waals surface area contributed by atoms with Gasteiger partial charge in [0, 0.05) is 18.2 Å². The van der Waals surface area contributed by atoms with Crippen LogP contribution in [0, 0.1) is 17.0 Å². The molecule has 0 aliphatic heterocycles. The summed E-state index contributed by atoms with van der Waals surface area (Å²) >= 11 is 5.59. The molecule has 8 heteroatoms. The molecular formula is C13H11ClN4O3. The molecular weight excluding hydrogens is 296 g/mol. The molecule has 1 amide bonds. The number of hydrogen-bond donors (Lipinski definition) is 1. The van der Waals surface area contributed by atoms with Crippen molar-refractivity contribution in [3.63, 3.8) is 0 Å². The van der Waals surface area contributed by atoms with Gasteiger partial charge in [-0.3, -0.25) is 14.9 Å². The van der Waals surface area contributed by atoms with Crippen molar-refractivity contribution in [1.82, 2.24) is 15.5 Å². The summed E-state index contributed by atoms with van der Waals surface area (Å²) in [5.41, 5.74) is 1.33. The Morgan fingerprint density at radius 3 is 2.71 bits per heavy atom. The number of hydrogen-bond acceptors (Lipinski definition) is 5. The summed E-state index contributed by atoms with van der Waals surface area (Å²) in [5.74, 6) is -0.426. The first-order valence-corrected chi connectivity index (χ1v) is 6.37. The number of aromatic nitrogens is 2. The molecule has 108 valence electrons. The fourth-order valence-electron chi connectivity index (χ4n) is 1.76. The van der Waals surface area contributed by atoms with Crippen molar-refractivity contribution in [2.45, 2.75) is 13.5 Å². The van der Waals surface area contributed by atoms with Gasteiger partial charge in [-0.15, -0.1) is 10.2 Å². The minimum atomic E-state index is -0.453. The van der Waals surface area contributed by atoms with E-state index in [2.05, 4.69) is 15.5 Å². The molecule has 0 saturated carbocycles. The van der Waals surface area contributed by atoms with E-state index in [1.807, 2.05) is 0 Å². The summed E-state index contributed by atoms with van der Waals surface area (Å²) in [6.07, 6.45) is 0. The number of amides is 1. The first-order valence-electron chi connectivity index (χ1n) is 5.99. The van der Waals surface area contributed by atoms with Crippen LogP contribution in [0.3, 0.4) is 0 Å². The summed E-state index contributed by atoms with van der Waals surface area (Å²) in [4.78, 5) is 22.3. The molecule has 0 saturated heterocycles. The third-order valence-electron chi connectivity index (χ3n) is 2.92. The highest BCUT2D eigenvalue weighted by Crippen LogP contribution is 2.20. The molecule has 1 aromatic carbocycles. The van der Waals surface area contributed by atoms with E-state index in [4.69, 9.17) is 11.6 Å². The summed E-state index contributed by atoms with van der Waals surface area (Å²) in [6, 6.07) is 7.63. The van der Waals surface area contributed by atoms with Gasteiger partial charge in [-0.2, -0.15) is 0 Å². The van der Waals surface area contributed by atoms with E-state index in [1.165, 1.54) is 18.2 Å². The van der Waals surface area contributed by atoms with Crippen molar-refractivity contribution in [2.75, 3.05) is 0 Å². The summed E-state index contributed by atoms with van der Waals surface area (Å²) in [6.45, 7) is 1.80. The van der Waals surface area contributed by atoms with E-state index in [1.54, 1.807) is 19.1 Å². The SMILES string of the molecule is Cc1c(CNC(=O)c2ccc(Cl)nn2)cccc1[N+](=O)[O-]. The Bertz CT molecular complexity index is 688. The fourth-order valence-corrected chi connectivity index (χ4v) is 1.86. The van der Waals surface area contributed by atoms with Crippen LogP contribution < -0.4 is 5.32 Å². The second kappa shape index (κ2) is 6.27. The standard InChI is InChI=1S/C13H11ClN4O3/c1-8-9(3-2-4-11(8)18(20)21)7-15-13(19)10-5-6-12(14)17-16-10/h2-6H,7H2,1H3,(H,15,19). The minimum absolute atomic E-state index is 0.0213. The van der Waals surface area contributed by atoms with Crippen LogP contribution in [0.25, 0.3) is 0 Å². The number of nitrogens with one attached hydrogen (secondary N) is 1. The van der Waals surface area contributed by atoms with Crippen molar-refractivity contribution in [3.8, 4) is 0 Å². The Labute approximate surface area is 125 Å². The van der Waals surface area contributed by atoms with Gasteiger partial charge in [-0.05, 0) is 24.6 Å². The van der Waals surface area contributed by atoms with Crippen LogP contribution in [-0.2, 0) is 6.54 Å². The van der Waals surface area contributed by atoms with Gasteiger partial charge >= 0.3 is 0 Å². The van der Waals surface area contributed by atoms with Crippen molar-refractivity contribution in [3.05, 3.63) is 62.4 Å². The third-order valence-corrected chi connectivity index (χ3v) is 3.12. The molecule has 7 nitrogen and oxygen atoms in total. The zero-order chi connectivity index (χ0) is 15.4. The van der Waals surface area contributed by atoms with Gasteiger partial charge in [-0.1, -0.05) is 23.7 Å². The van der Waals surface area contributed by atoms with Gasteiger partial charge in [0.1, 0.15) is 0 Å². The average molecular weight is 307 g/mol. The van der Waals surface area contributed by atoms with Gasteiger partial charge in [0.05, 0.1) is 4.92 Å². The van der Waals surface area contributed by atoms with E-state index < -0.39 is 10.8 Å². The number of carbonyl (C=O) groups excluding carboxylic acids is 1. The number of halogens is 1. The van der Waals surface area contributed by atoms with Crippen LogP contribution in [0.4, 0.5) is 5.69 Å². The Morgan fingerprint density at radius 1 is 1.33 bits per heavy atom. The average Bonchev–Trinajstić information content (AvgIpc) is 2.46. The fraction of sp³-hybridized carbons (Fsp3) is 0.154. The molecule has 1 heterocycles. The molecule has 2 rings (SSSR count). The topological polar surface area (TPSA) is 98.0 Å². The summed E-state index contributed by atoms with van der Waals surface area (Å²) in [7, 11) is 0. The first-order chi connectivity index (χ1) is 9.99. The molecule has 21 heavy (non-hydrogen) atoms. The third kappa shape index (κ3) is 3.51. The van der Waals surface area contributed by atoms with Crippen LogP contribution >= 0.6 is 11.6 Å². The molecule has 0 atom stereocenters. The van der Waals surface area contributed by atoms with Crippen LogP contribution in [0.15, 0.2) is 30.3 Å². The first kappa shape index (κ1) is 14.9. The largest absolute Gasteiger partial charge is 0.347 e. The Morgan fingerprint density at radius 2 is 2.10 bits per heavy atom. The number of nitrogens with zero attached hydrogens (tertiary/aromatic N) is 3. The van der Waals surface area contributed by atoms with E-state index in [0.717, 1.165) is 0 Å². The molecule has 0 spiro atoms. The molecule has 0 aliphatic rings. The maximum Gasteiger partial charge on any atom is 0.272 e. The predicted molar refractivity (Wildman–Crippen MR) is 76.0 cm³/mol.